The Kier molecular flexibility index (Phi) is 4.05. The standard InChI is InChI=1S/C14H23N3OS/c1-17(7-8-18-9-10-5-6-10)14-16-12-4-2-3-11(15)13(12)19-14/h10-11H,2-9,15H2,1H3. The van der Waals surface area contributed by atoms with Crippen LogP contribution in [-0.4, -0.2) is 31.8 Å². The van der Waals surface area contributed by atoms with Crippen molar-refractivity contribution in [1.29, 1.82) is 0 Å². The Morgan fingerprint density at radius 2 is 2.26 bits per heavy atom. The van der Waals surface area contributed by atoms with Crippen molar-refractivity contribution in [1.82, 2.24) is 4.98 Å². The van der Waals surface area contributed by atoms with Crippen molar-refractivity contribution < 1.29 is 4.74 Å². The van der Waals surface area contributed by atoms with Crippen LogP contribution in [0.2, 0.25) is 0 Å². The first-order chi connectivity index (χ1) is 9.24. The predicted molar refractivity (Wildman–Crippen MR) is 78.8 cm³/mol. The summed E-state index contributed by atoms with van der Waals surface area (Å²) in [6, 6.07) is 0.203. The van der Waals surface area contributed by atoms with E-state index in [1.807, 2.05) is 0 Å². The molecule has 1 unspecified atom stereocenters. The van der Waals surface area contributed by atoms with Crippen LogP contribution in [0, 0.1) is 5.92 Å². The molecule has 3 rings (SSSR count). The third-order valence-corrected chi connectivity index (χ3v) is 5.27. The molecule has 1 saturated carbocycles. The number of aromatic nitrogens is 1. The van der Waals surface area contributed by atoms with E-state index in [1.165, 1.54) is 29.8 Å². The first kappa shape index (κ1) is 13.3. The molecule has 1 heterocycles. The van der Waals surface area contributed by atoms with Crippen LogP contribution in [0.4, 0.5) is 5.13 Å². The van der Waals surface area contributed by atoms with Crippen molar-refractivity contribution in [3.63, 3.8) is 0 Å². The molecule has 1 fully saturated rings. The van der Waals surface area contributed by atoms with Gasteiger partial charge in [0, 0.05) is 31.1 Å². The van der Waals surface area contributed by atoms with Crippen LogP contribution >= 0.6 is 11.3 Å². The van der Waals surface area contributed by atoms with Gasteiger partial charge in [-0.05, 0) is 38.0 Å². The molecule has 2 aliphatic carbocycles. The van der Waals surface area contributed by atoms with E-state index in [-0.39, 0.29) is 6.04 Å². The molecule has 19 heavy (non-hydrogen) atoms. The van der Waals surface area contributed by atoms with Gasteiger partial charge < -0.3 is 15.4 Å². The average molecular weight is 281 g/mol. The van der Waals surface area contributed by atoms with Crippen LogP contribution in [-0.2, 0) is 11.2 Å². The number of fused-ring (bicyclic) bond motifs is 1. The largest absolute Gasteiger partial charge is 0.379 e. The summed E-state index contributed by atoms with van der Waals surface area (Å²) < 4.78 is 5.68. The van der Waals surface area contributed by atoms with Crippen molar-refractivity contribution in [2.24, 2.45) is 11.7 Å². The summed E-state index contributed by atoms with van der Waals surface area (Å²) in [4.78, 5) is 8.23. The van der Waals surface area contributed by atoms with Crippen LogP contribution in [0.5, 0.6) is 0 Å². The Morgan fingerprint density at radius 1 is 1.42 bits per heavy atom. The van der Waals surface area contributed by atoms with Crippen molar-refractivity contribution in [3.05, 3.63) is 10.6 Å². The third-order valence-electron chi connectivity index (χ3n) is 3.93. The Balaban J connectivity index is 1.52. The molecule has 0 spiro atoms. The lowest BCUT2D eigenvalue weighted by molar-refractivity contribution is 0.131. The van der Waals surface area contributed by atoms with Crippen LogP contribution in [0.15, 0.2) is 0 Å². The number of ether oxygens (including phenoxy) is 1. The van der Waals surface area contributed by atoms with Crippen molar-refractivity contribution >= 4 is 16.5 Å². The highest BCUT2D eigenvalue weighted by molar-refractivity contribution is 7.15. The predicted octanol–water partition coefficient (Wildman–Crippen LogP) is 2.34. The van der Waals surface area contributed by atoms with Gasteiger partial charge in [0.2, 0.25) is 0 Å². The number of hydrogen-bond donors (Lipinski definition) is 1. The van der Waals surface area contributed by atoms with E-state index in [2.05, 4.69) is 11.9 Å². The number of rotatable bonds is 6. The van der Waals surface area contributed by atoms with E-state index >= 15 is 0 Å². The summed E-state index contributed by atoms with van der Waals surface area (Å²) in [7, 11) is 2.09. The molecule has 4 nitrogen and oxygen atoms in total. The van der Waals surface area contributed by atoms with Gasteiger partial charge in [-0.3, -0.25) is 0 Å². The zero-order chi connectivity index (χ0) is 13.2. The highest BCUT2D eigenvalue weighted by Crippen LogP contribution is 2.35. The second-order valence-corrected chi connectivity index (χ2v) is 6.76. The smallest absolute Gasteiger partial charge is 0.185 e. The van der Waals surface area contributed by atoms with Gasteiger partial charge in [0.1, 0.15) is 0 Å². The summed E-state index contributed by atoms with van der Waals surface area (Å²) in [5.41, 5.74) is 7.38. The van der Waals surface area contributed by atoms with Gasteiger partial charge in [0.05, 0.1) is 12.3 Å². The monoisotopic (exact) mass is 281 g/mol. The normalized spacial score (nSPS) is 22.3. The lowest BCUT2D eigenvalue weighted by Crippen LogP contribution is -2.22. The minimum absolute atomic E-state index is 0.203. The fraction of sp³-hybridized carbons (Fsp3) is 0.786. The molecule has 0 radical (unpaired) electrons. The van der Waals surface area contributed by atoms with Crippen molar-refractivity contribution in [2.75, 3.05) is 31.7 Å². The maximum absolute atomic E-state index is 6.15. The molecule has 5 heteroatoms. The van der Waals surface area contributed by atoms with Gasteiger partial charge in [-0.15, -0.1) is 11.3 Å². The van der Waals surface area contributed by atoms with Gasteiger partial charge in [-0.1, -0.05) is 0 Å². The Bertz CT molecular complexity index is 430. The van der Waals surface area contributed by atoms with E-state index in [4.69, 9.17) is 15.5 Å². The van der Waals surface area contributed by atoms with Gasteiger partial charge in [-0.2, -0.15) is 0 Å². The molecule has 0 aliphatic heterocycles. The van der Waals surface area contributed by atoms with Crippen LogP contribution < -0.4 is 10.6 Å². The van der Waals surface area contributed by atoms with E-state index in [0.29, 0.717) is 0 Å². The molecule has 2 N–H and O–H groups in total. The molecule has 1 aromatic heterocycles. The number of aryl methyl sites for hydroxylation is 1. The second kappa shape index (κ2) is 5.77. The summed E-state index contributed by atoms with van der Waals surface area (Å²) >= 11 is 1.76. The van der Waals surface area contributed by atoms with E-state index < -0.39 is 0 Å². The zero-order valence-corrected chi connectivity index (χ0v) is 12.4. The fourth-order valence-electron chi connectivity index (χ4n) is 2.43. The molecule has 2 aliphatic rings. The number of anilines is 1. The maximum Gasteiger partial charge on any atom is 0.185 e. The highest BCUT2D eigenvalue weighted by Gasteiger charge is 2.23. The topological polar surface area (TPSA) is 51.4 Å². The number of likely N-dealkylation sites (N-methyl/N-ethyl adjacent to an activating group) is 1. The number of nitrogens with zero attached hydrogens (tertiary/aromatic N) is 2. The fourth-order valence-corrected chi connectivity index (χ4v) is 3.57. The second-order valence-electron chi connectivity index (χ2n) is 5.75. The molecule has 0 bridgehead atoms. The molecule has 106 valence electrons. The summed E-state index contributed by atoms with van der Waals surface area (Å²) in [5, 5.41) is 1.09. The van der Waals surface area contributed by atoms with Crippen LogP contribution in [0.3, 0.4) is 0 Å². The Labute approximate surface area is 119 Å². The van der Waals surface area contributed by atoms with E-state index in [9.17, 15) is 0 Å². The first-order valence-corrected chi connectivity index (χ1v) is 8.09. The van der Waals surface area contributed by atoms with Gasteiger partial charge in [0.15, 0.2) is 5.13 Å². The number of nitrogens with two attached hydrogens (primary N) is 1. The van der Waals surface area contributed by atoms with Crippen molar-refractivity contribution in [2.45, 2.75) is 38.1 Å². The van der Waals surface area contributed by atoms with Gasteiger partial charge in [-0.25, -0.2) is 4.98 Å². The quantitative estimate of drug-likeness (QED) is 0.813. The molecule has 1 atom stereocenters. The Hall–Kier alpha value is -0.650. The average Bonchev–Trinajstić information content (AvgIpc) is 3.11. The maximum atomic E-state index is 6.15. The zero-order valence-electron chi connectivity index (χ0n) is 11.6. The first-order valence-electron chi connectivity index (χ1n) is 7.28. The molecule has 0 saturated heterocycles. The molecule has 0 aromatic carbocycles. The van der Waals surface area contributed by atoms with Gasteiger partial charge >= 0.3 is 0 Å². The number of hydrogen-bond acceptors (Lipinski definition) is 5. The summed E-state index contributed by atoms with van der Waals surface area (Å²) in [6.07, 6.45) is 6.07. The van der Waals surface area contributed by atoms with Crippen LogP contribution in [0.25, 0.3) is 0 Å². The molecular weight excluding hydrogens is 258 g/mol. The number of thiazole rings is 1. The SMILES string of the molecule is CN(CCOCC1CC1)c1nc2c(s1)C(N)CCC2. The molecule has 1 aromatic rings. The minimum atomic E-state index is 0.203. The summed E-state index contributed by atoms with van der Waals surface area (Å²) in [5.74, 6) is 0.843. The Morgan fingerprint density at radius 3 is 3.00 bits per heavy atom. The lowest BCUT2D eigenvalue weighted by atomic mass is 9.99. The summed E-state index contributed by atoms with van der Waals surface area (Å²) in [6.45, 7) is 2.64. The lowest BCUT2D eigenvalue weighted by Gasteiger charge is -2.16. The van der Waals surface area contributed by atoms with Crippen LogP contribution in [0.1, 0.15) is 42.3 Å². The van der Waals surface area contributed by atoms with E-state index in [1.54, 1.807) is 11.3 Å². The molecular formula is C14H23N3OS. The van der Waals surface area contributed by atoms with Gasteiger partial charge in [0.25, 0.3) is 0 Å². The van der Waals surface area contributed by atoms with Crippen molar-refractivity contribution in [3.8, 4) is 0 Å². The highest BCUT2D eigenvalue weighted by atomic mass is 32.1. The minimum Gasteiger partial charge on any atom is -0.379 e. The van der Waals surface area contributed by atoms with E-state index in [0.717, 1.165) is 43.6 Å². The molecule has 0 amide bonds. The third kappa shape index (κ3) is 3.27.